The van der Waals surface area contributed by atoms with E-state index in [0.717, 1.165) is 51.4 Å². The lowest BCUT2D eigenvalue weighted by Crippen LogP contribution is -2.65. The maximum absolute atomic E-state index is 13.3. The van der Waals surface area contributed by atoms with Gasteiger partial charge in [-0.05, 0) is 38.5 Å². The van der Waals surface area contributed by atoms with Crippen LogP contribution in [0.5, 0.6) is 0 Å². The summed E-state index contributed by atoms with van der Waals surface area (Å²) < 4.78 is 22.9. The van der Waals surface area contributed by atoms with Crippen LogP contribution in [-0.4, -0.2) is 140 Å². The van der Waals surface area contributed by atoms with E-state index >= 15 is 0 Å². The molecule has 2 heterocycles. The largest absolute Gasteiger partial charge is 0.394 e. The van der Waals surface area contributed by atoms with Gasteiger partial charge in [-0.15, -0.1) is 0 Å². The molecule has 480 valence electrons. The van der Waals surface area contributed by atoms with Gasteiger partial charge in [-0.2, -0.15) is 0 Å². The minimum absolute atomic E-state index is 0.200. The van der Waals surface area contributed by atoms with Crippen molar-refractivity contribution in [3.63, 3.8) is 0 Å². The zero-order valence-electron chi connectivity index (χ0n) is 52.1. The lowest BCUT2D eigenvalue weighted by molar-refractivity contribution is -0.359. The van der Waals surface area contributed by atoms with Gasteiger partial charge in [0.05, 0.1) is 32.0 Å². The molecule has 9 N–H and O–H groups in total. The summed E-state index contributed by atoms with van der Waals surface area (Å²) in [6.45, 7) is 2.91. The molecule has 2 rings (SSSR count). The first-order chi connectivity index (χ1) is 39.6. The van der Waals surface area contributed by atoms with Crippen LogP contribution in [0.2, 0.25) is 0 Å². The molecule has 0 aromatic heterocycles. The first-order valence-corrected chi connectivity index (χ1v) is 34.4. The molecule has 0 saturated carbocycles. The molecular weight excluding hydrogens is 1030 g/mol. The van der Waals surface area contributed by atoms with E-state index in [-0.39, 0.29) is 12.5 Å². The lowest BCUT2D eigenvalue weighted by Gasteiger charge is -2.46. The van der Waals surface area contributed by atoms with Crippen molar-refractivity contribution in [1.82, 2.24) is 5.32 Å². The predicted octanol–water partition coefficient (Wildman–Crippen LogP) is 13.4. The van der Waals surface area contributed by atoms with E-state index in [0.29, 0.717) is 12.8 Å². The number of carbonyl (C=O) groups is 1. The average molecular weight is 1160 g/mol. The topological polar surface area (TPSA) is 228 Å². The fourth-order valence-corrected chi connectivity index (χ4v) is 11.7. The van der Waals surface area contributed by atoms with Crippen LogP contribution in [0.15, 0.2) is 12.2 Å². The third-order valence-corrected chi connectivity index (χ3v) is 17.2. The Labute approximate surface area is 495 Å². The van der Waals surface area contributed by atoms with Crippen molar-refractivity contribution in [3.05, 3.63) is 12.2 Å². The Balaban J connectivity index is 1.63. The number of amides is 1. The summed E-state index contributed by atoms with van der Waals surface area (Å²) in [4.78, 5) is 13.3. The quantitative estimate of drug-likeness (QED) is 0.0204. The molecule has 0 aliphatic carbocycles. The van der Waals surface area contributed by atoms with Crippen LogP contribution in [0, 0.1) is 0 Å². The normalized spacial score (nSPS) is 24.1. The van der Waals surface area contributed by atoms with Crippen molar-refractivity contribution in [3.8, 4) is 0 Å². The molecular formula is C67H129NO13. The number of nitrogens with one attached hydrogen (secondary N) is 1. The fourth-order valence-electron chi connectivity index (χ4n) is 11.7. The van der Waals surface area contributed by atoms with E-state index in [1.54, 1.807) is 0 Å². The van der Waals surface area contributed by atoms with Gasteiger partial charge in [-0.3, -0.25) is 4.79 Å². The summed E-state index contributed by atoms with van der Waals surface area (Å²) in [7, 11) is 0. The van der Waals surface area contributed by atoms with E-state index in [1.807, 2.05) is 0 Å². The summed E-state index contributed by atoms with van der Waals surface area (Å²) in [6.07, 6.45) is 46.6. The number of unbranched alkanes of at least 4 members (excludes halogenated alkanes) is 42. The Kier molecular flexibility index (Phi) is 49.6. The first-order valence-electron chi connectivity index (χ1n) is 34.4. The highest BCUT2D eigenvalue weighted by molar-refractivity contribution is 5.76. The second kappa shape index (κ2) is 53.0. The van der Waals surface area contributed by atoms with E-state index < -0.39 is 86.8 Å². The summed E-state index contributed by atoms with van der Waals surface area (Å²) in [5, 5.41) is 87.5. The van der Waals surface area contributed by atoms with Crippen molar-refractivity contribution < 1.29 is 64.6 Å². The predicted molar refractivity (Wildman–Crippen MR) is 328 cm³/mol. The summed E-state index contributed by atoms with van der Waals surface area (Å²) in [6, 6.07) is -0.825. The van der Waals surface area contributed by atoms with Gasteiger partial charge < -0.3 is 65.1 Å². The molecule has 2 aliphatic rings. The lowest BCUT2D eigenvalue weighted by atomic mass is 9.97. The molecule has 81 heavy (non-hydrogen) atoms. The molecule has 0 radical (unpaired) electrons. The van der Waals surface area contributed by atoms with Gasteiger partial charge >= 0.3 is 0 Å². The van der Waals surface area contributed by atoms with Gasteiger partial charge in [-0.1, -0.05) is 283 Å². The maximum Gasteiger partial charge on any atom is 0.220 e. The number of ether oxygens (including phenoxy) is 4. The highest BCUT2D eigenvalue weighted by Crippen LogP contribution is 2.30. The van der Waals surface area contributed by atoms with Crippen molar-refractivity contribution in [2.75, 3.05) is 19.8 Å². The monoisotopic (exact) mass is 1160 g/mol. The zero-order valence-corrected chi connectivity index (χ0v) is 52.1. The molecule has 14 nitrogen and oxygen atoms in total. The van der Waals surface area contributed by atoms with Crippen LogP contribution < -0.4 is 5.32 Å². The minimum Gasteiger partial charge on any atom is -0.394 e. The number of aliphatic hydroxyl groups is 8. The molecule has 0 spiro atoms. The van der Waals surface area contributed by atoms with E-state index in [1.165, 1.54) is 238 Å². The average Bonchev–Trinajstić information content (AvgIpc) is 3.47. The van der Waals surface area contributed by atoms with Crippen LogP contribution in [0.25, 0.3) is 0 Å². The summed E-state index contributed by atoms with van der Waals surface area (Å²) in [5.74, 6) is -0.200. The Bertz CT molecular complexity index is 1410. The molecule has 2 aliphatic heterocycles. The molecule has 12 atom stereocenters. The Morgan fingerprint density at radius 3 is 1.17 bits per heavy atom. The molecule has 14 heteroatoms. The highest BCUT2D eigenvalue weighted by Gasteiger charge is 2.51. The van der Waals surface area contributed by atoms with Crippen molar-refractivity contribution in [2.45, 2.75) is 389 Å². The minimum atomic E-state index is -1.78. The Morgan fingerprint density at radius 1 is 0.432 bits per heavy atom. The number of carbonyl (C=O) groups excluding carboxylic acids is 1. The molecule has 0 aromatic carbocycles. The van der Waals surface area contributed by atoms with E-state index in [4.69, 9.17) is 18.9 Å². The molecule has 0 aromatic rings. The third-order valence-electron chi connectivity index (χ3n) is 17.2. The third kappa shape index (κ3) is 37.8. The first kappa shape index (κ1) is 75.8. The Hall–Kier alpha value is -1.27. The van der Waals surface area contributed by atoms with E-state index in [2.05, 4.69) is 31.3 Å². The van der Waals surface area contributed by atoms with E-state index in [9.17, 15) is 45.6 Å². The zero-order chi connectivity index (χ0) is 58.8. The highest BCUT2D eigenvalue weighted by atomic mass is 16.7. The molecule has 2 saturated heterocycles. The number of aliphatic hydroxyl groups excluding tert-OH is 8. The van der Waals surface area contributed by atoms with Crippen LogP contribution in [0.4, 0.5) is 0 Å². The number of hydrogen-bond acceptors (Lipinski definition) is 13. The summed E-state index contributed by atoms with van der Waals surface area (Å²) in [5.41, 5.74) is 0. The van der Waals surface area contributed by atoms with Gasteiger partial charge in [-0.25, -0.2) is 0 Å². The van der Waals surface area contributed by atoms with Gasteiger partial charge in [0.25, 0.3) is 0 Å². The van der Waals surface area contributed by atoms with Crippen LogP contribution in [0.3, 0.4) is 0 Å². The number of hydrogen-bond donors (Lipinski definition) is 9. The second-order valence-electron chi connectivity index (χ2n) is 24.7. The number of allylic oxidation sites excluding steroid dienone is 2. The van der Waals surface area contributed by atoms with Gasteiger partial charge in [0.2, 0.25) is 5.91 Å². The van der Waals surface area contributed by atoms with Crippen molar-refractivity contribution in [1.29, 1.82) is 0 Å². The Morgan fingerprint density at radius 2 is 0.778 bits per heavy atom. The SMILES string of the molecule is CCCCCCCCCC/C=C\CCCCCCCCCCCCCCCCCCCCCC(=O)NC(COC1OC(CO)C(OC2OC(CO)C(O)C(O)C2O)C(O)C1O)C(O)CCCCCCCCCCCCCCCCCC. The van der Waals surface area contributed by atoms with Crippen molar-refractivity contribution in [2.24, 2.45) is 0 Å². The molecule has 12 unspecified atom stereocenters. The van der Waals surface area contributed by atoms with Crippen LogP contribution in [0.1, 0.15) is 316 Å². The molecule has 1 amide bonds. The summed E-state index contributed by atoms with van der Waals surface area (Å²) >= 11 is 0. The standard InChI is InChI=1S/C67H129NO13/c1-3-5-7-9-11-13-15-17-19-21-22-23-24-25-26-27-28-29-30-31-32-33-34-35-37-39-41-43-45-47-49-51-59(72)68-55(56(71)50-48-46-44-42-40-38-36-20-18-16-14-12-10-8-6-4-2)54-78-66-64(77)62(75)65(58(53-70)80-66)81-67-63(76)61(74)60(73)57(52-69)79-67/h21-22,55-58,60-67,69-71,73-77H,3-20,23-54H2,1-2H3,(H,68,72)/b22-21-. The smallest absolute Gasteiger partial charge is 0.220 e. The van der Waals surface area contributed by atoms with Gasteiger partial charge in [0.15, 0.2) is 12.6 Å². The molecule has 0 bridgehead atoms. The second-order valence-corrected chi connectivity index (χ2v) is 24.7. The van der Waals surface area contributed by atoms with Gasteiger partial charge in [0.1, 0.15) is 48.8 Å². The number of rotatable bonds is 57. The van der Waals surface area contributed by atoms with Crippen LogP contribution >= 0.6 is 0 Å². The maximum atomic E-state index is 13.3. The van der Waals surface area contributed by atoms with Gasteiger partial charge in [0, 0.05) is 6.42 Å². The fraction of sp³-hybridized carbons (Fsp3) is 0.955. The van der Waals surface area contributed by atoms with Crippen molar-refractivity contribution >= 4 is 5.91 Å². The molecule has 2 fully saturated rings. The van der Waals surface area contributed by atoms with Crippen LogP contribution in [-0.2, 0) is 23.7 Å².